The highest BCUT2D eigenvalue weighted by atomic mass is 32.1. The van der Waals surface area contributed by atoms with Crippen molar-refractivity contribution in [3.05, 3.63) is 218 Å². The van der Waals surface area contributed by atoms with E-state index < -0.39 is 0 Å². The van der Waals surface area contributed by atoms with Crippen LogP contribution in [0.2, 0.25) is 0 Å². The zero-order valence-corrected chi connectivity index (χ0v) is 35.1. The standard InChI is InChI=1S/C58H36N2S2/c1-3-12-37(13-4-1)38-22-24-39(25-23-38)41-16-11-17-44(30-41)53-36-52(40-14-5-2-6-15-40)59-58(60-53)47-32-45(42-26-28-56-50(34-42)48-18-7-9-20-54(48)61-56)31-46(33-47)43-27-29-57-51(35-43)49-19-8-10-21-55(49)62-57/h1-36H. The highest BCUT2D eigenvalue weighted by Gasteiger charge is 2.16. The summed E-state index contributed by atoms with van der Waals surface area (Å²) >= 11 is 3.69. The summed E-state index contributed by atoms with van der Waals surface area (Å²) in [6.07, 6.45) is 0. The number of benzene rings is 9. The van der Waals surface area contributed by atoms with Crippen molar-refractivity contribution in [2.24, 2.45) is 0 Å². The Morgan fingerprint density at radius 1 is 0.226 bits per heavy atom. The van der Waals surface area contributed by atoms with Gasteiger partial charge in [0.25, 0.3) is 0 Å². The summed E-state index contributed by atoms with van der Waals surface area (Å²) < 4.78 is 5.19. The second-order valence-corrected chi connectivity index (χ2v) is 17.9. The van der Waals surface area contributed by atoms with Crippen LogP contribution in [-0.4, -0.2) is 9.97 Å². The zero-order valence-electron chi connectivity index (χ0n) is 33.5. The lowest BCUT2D eigenvalue weighted by atomic mass is 9.94. The summed E-state index contributed by atoms with van der Waals surface area (Å²) in [7, 11) is 0. The Labute approximate surface area is 367 Å². The van der Waals surface area contributed by atoms with Gasteiger partial charge in [0.15, 0.2) is 5.82 Å². The van der Waals surface area contributed by atoms with E-state index in [4.69, 9.17) is 9.97 Å². The average Bonchev–Trinajstić information content (AvgIpc) is 3.92. The second kappa shape index (κ2) is 15.2. The van der Waals surface area contributed by atoms with Crippen LogP contribution in [0.25, 0.3) is 119 Å². The number of hydrogen-bond donors (Lipinski definition) is 0. The monoisotopic (exact) mass is 824 g/mol. The van der Waals surface area contributed by atoms with E-state index in [2.05, 4.69) is 218 Å². The van der Waals surface area contributed by atoms with Crippen molar-refractivity contribution in [2.45, 2.75) is 0 Å². The smallest absolute Gasteiger partial charge is 0.160 e. The first-order valence-corrected chi connectivity index (χ1v) is 22.5. The largest absolute Gasteiger partial charge is 0.228 e. The van der Waals surface area contributed by atoms with Crippen molar-refractivity contribution in [3.63, 3.8) is 0 Å². The highest BCUT2D eigenvalue weighted by molar-refractivity contribution is 7.26. The van der Waals surface area contributed by atoms with E-state index in [9.17, 15) is 0 Å². The number of hydrogen-bond acceptors (Lipinski definition) is 4. The van der Waals surface area contributed by atoms with Gasteiger partial charge in [0.05, 0.1) is 11.4 Å². The minimum Gasteiger partial charge on any atom is -0.228 e. The minimum absolute atomic E-state index is 0.686. The molecule has 0 aliphatic heterocycles. The van der Waals surface area contributed by atoms with Crippen LogP contribution >= 0.6 is 22.7 Å². The SMILES string of the molecule is c1ccc(-c2ccc(-c3cccc(-c4cc(-c5ccccc5)nc(-c5cc(-c6ccc7sc8ccccc8c7c6)cc(-c6ccc7sc8ccccc8c7c6)c5)n4)c3)cc2)cc1. The van der Waals surface area contributed by atoms with Crippen LogP contribution in [0.3, 0.4) is 0 Å². The molecule has 0 amide bonds. The van der Waals surface area contributed by atoms with Crippen LogP contribution in [-0.2, 0) is 0 Å². The lowest BCUT2D eigenvalue weighted by Crippen LogP contribution is -1.97. The Hall–Kier alpha value is -7.50. The van der Waals surface area contributed by atoms with Gasteiger partial charge in [-0.2, -0.15) is 0 Å². The van der Waals surface area contributed by atoms with Gasteiger partial charge < -0.3 is 0 Å². The van der Waals surface area contributed by atoms with Gasteiger partial charge in [-0.3, -0.25) is 0 Å². The molecule has 62 heavy (non-hydrogen) atoms. The predicted molar refractivity (Wildman–Crippen MR) is 266 cm³/mol. The molecule has 4 heteroatoms. The number of thiophene rings is 2. The summed E-state index contributed by atoms with van der Waals surface area (Å²) in [5.74, 6) is 0.686. The maximum Gasteiger partial charge on any atom is 0.160 e. The number of aromatic nitrogens is 2. The normalized spacial score (nSPS) is 11.5. The Kier molecular flexibility index (Phi) is 8.91. The molecule has 0 saturated heterocycles. The molecule has 0 atom stereocenters. The Balaban J connectivity index is 1.03. The van der Waals surface area contributed by atoms with Gasteiger partial charge in [0.2, 0.25) is 0 Å². The molecule has 0 unspecified atom stereocenters. The lowest BCUT2D eigenvalue weighted by Gasteiger charge is -2.14. The van der Waals surface area contributed by atoms with E-state index in [0.717, 1.165) is 61.5 Å². The summed E-state index contributed by atoms with van der Waals surface area (Å²) in [5, 5.41) is 5.14. The van der Waals surface area contributed by atoms with Gasteiger partial charge in [-0.1, -0.05) is 152 Å². The van der Waals surface area contributed by atoms with Crippen molar-refractivity contribution in [1.29, 1.82) is 0 Å². The summed E-state index contributed by atoms with van der Waals surface area (Å²) in [6.45, 7) is 0. The van der Waals surface area contributed by atoms with E-state index in [1.54, 1.807) is 0 Å². The van der Waals surface area contributed by atoms with Gasteiger partial charge >= 0.3 is 0 Å². The van der Waals surface area contributed by atoms with Gasteiger partial charge in [-0.25, -0.2) is 9.97 Å². The summed E-state index contributed by atoms with van der Waals surface area (Å²) in [6, 6.07) is 78.8. The van der Waals surface area contributed by atoms with Crippen LogP contribution in [0.15, 0.2) is 218 Å². The number of rotatable bonds is 7. The molecule has 0 spiro atoms. The molecular formula is C58H36N2S2. The molecule has 290 valence electrons. The van der Waals surface area contributed by atoms with Gasteiger partial charge in [-0.05, 0) is 111 Å². The van der Waals surface area contributed by atoms with Gasteiger partial charge in [-0.15, -0.1) is 22.7 Å². The van der Waals surface area contributed by atoms with Crippen LogP contribution in [0.1, 0.15) is 0 Å². The average molecular weight is 825 g/mol. The Morgan fingerprint density at radius 3 is 1.21 bits per heavy atom. The molecule has 12 aromatic rings. The molecule has 0 bridgehead atoms. The second-order valence-electron chi connectivity index (χ2n) is 15.8. The molecular weight excluding hydrogens is 789 g/mol. The van der Waals surface area contributed by atoms with Crippen LogP contribution in [0.4, 0.5) is 0 Å². The molecule has 2 nitrogen and oxygen atoms in total. The van der Waals surface area contributed by atoms with Crippen LogP contribution in [0.5, 0.6) is 0 Å². The van der Waals surface area contributed by atoms with Gasteiger partial charge in [0.1, 0.15) is 0 Å². The maximum atomic E-state index is 5.41. The zero-order chi connectivity index (χ0) is 41.0. The third-order valence-electron chi connectivity index (χ3n) is 11.9. The Morgan fingerprint density at radius 2 is 0.613 bits per heavy atom. The van der Waals surface area contributed by atoms with Crippen molar-refractivity contribution in [3.8, 4) is 78.4 Å². The molecule has 9 aromatic carbocycles. The quantitative estimate of drug-likeness (QED) is 0.160. The molecule has 0 aliphatic rings. The van der Waals surface area contributed by atoms with Crippen LogP contribution < -0.4 is 0 Å². The van der Waals surface area contributed by atoms with Crippen molar-refractivity contribution in [1.82, 2.24) is 9.97 Å². The molecule has 0 radical (unpaired) electrons. The van der Waals surface area contributed by atoms with E-state index in [1.807, 2.05) is 22.7 Å². The summed E-state index contributed by atoms with van der Waals surface area (Å²) in [4.78, 5) is 10.8. The highest BCUT2D eigenvalue weighted by Crippen LogP contribution is 2.41. The first kappa shape index (κ1) is 36.4. The molecule has 3 heterocycles. The fraction of sp³-hybridized carbons (Fsp3) is 0. The number of nitrogens with zero attached hydrogens (tertiary/aromatic N) is 2. The van der Waals surface area contributed by atoms with Gasteiger partial charge in [0, 0.05) is 57.0 Å². The van der Waals surface area contributed by atoms with Crippen molar-refractivity contribution >= 4 is 63.0 Å². The van der Waals surface area contributed by atoms with E-state index in [0.29, 0.717) is 5.82 Å². The molecule has 0 N–H and O–H groups in total. The third-order valence-corrected chi connectivity index (χ3v) is 14.2. The van der Waals surface area contributed by atoms with Crippen molar-refractivity contribution < 1.29 is 0 Å². The topological polar surface area (TPSA) is 25.8 Å². The predicted octanol–water partition coefficient (Wildman–Crippen LogP) is 16.9. The maximum absolute atomic E-state index is 5.41. The van der Waals surface area contributed by atoms with Crippen LogP contribution in [0, 0.1) is 0 Å². The molecule has 0 saturated carbocycles. The number of fused-ring (bicyclic) bond motifs is 6. The summed E-state index contributed by atoms with van der Waals surface area (Å²) in [5.41, 5.74) is 14.1. The molecule has 0 aliphatic carbocycles. The molecule has 12 rings (SSSR count). The molecule has 0 fully saturated rings. The Bertz CT molecular complexity index is 3490. The lowest BCUT2D eigenvalue weighted by molar-refractivity contribution is 1.18. The van der Waals surface area contributed by atoms with E-state index in [-0.39, 0.29) is 0 Å². The van der Waals surface area contributed by atoms with E-state index >= 15 is 0 Å². The fourth-order valence-electron chi connectivity index (χ4n) is 8.73. The van der Waals surface area contributed by atoms with E-state index in [1.165, 1.54) is 51.5 Å². The fourth-order valence-corrected chi connectivity index (χ4v) is 10.9. The minimum atomic E-state index is 0.686. The third kappa shape index (κ3) is 6.67. The molecule has 3 aromatic heterocycles. The van der Waals surface area contributed by atoms with Crippen molar-refractivity contribution in [2.75, 3.05) is 0 Å². The first-order chi connectivity index (χ1) is 30.7. The first-order valence-electron chi connectivity index (χ1n) is 20.9.